The molecule has 2 aromatic carbocycles. The highest BCUT2D eigenvalue weighted by Gasteiger charge is 2.07. The minimum absolute atomic E-state index is 0.0555. The predicted molar refractivity (Wildman–Crippen MR) is 96.2 cm³/mol. The number of hydrogen-bond acceptors (Lipinski definition) is 3. The molecular weight excluding hydrogens is 302 g/mol. The smallest absolute Gasteiger partial charge is 0.246 e. The zero-order valence-electron chi connectivity index (χ0n) is 14.6. The van der Waals surface area contributed by atoms with Crippen molar-refractivity contribution in [2.24, 2.45) is 0 Å². The molecule has 4 heteroatoms. The molecule has 0 aliphatic carbocycles. The van der Waals surface area contributed by atoms with E-state index in [0.29, 0.717) is 18.0 Å². The van der Waals surface area contributed by atoms with E-state index in [1.807, 2.05) is 43.3 Å². The van der Waals surface area contributed by atoms with Gasteiger partial charge in [0.2, 0.25) is 5.91 Å². The Balaban J connectivity index is 2.08. The number of ether oxygens (including phenoxy) is 2. The summed E-state index contributed by atoms with van der Waals surface area (Å²) in [5.41, 5.74) is 3.17. The predicted octanol–water partition coefficient (Wildman–Crippen LogP) is 3.68. The molecule has 4 nitrogen and oxygen atoms in total. The quantitative estimate of drug-likeness (QED) is 0.761. The van der Waals surface area contributed by atoms with Crippen LogP contribution in [-0.4, -0.2) is 32.1 Å². The van der Waals surface area contributed by atoms with Gasteiger partial charge in [0.1, 0.15) is 11.5 Å². The Kier molecular flexibility index (Phi) is 6.01. The third kappa shape index (κ3) is 4.62. The Morgan fingerprint density at radius 3 is 2.29 bits per heavy atom. The van der Waals surface area contributed by atoms with E-state index in [2.05, 4.69) is 0 Å². The van der Waals surface area contributed by atoms with Crippen LogP contribution in [0.4, 0.5) is 0 Å². The van der Waals surface area contributed by atoms with Crippen molar-refractivity contribution >= 4 is 12.0 Å². The first-order valence-corrected chi connectivity index (χ1v) is 7.74. The fraction of sp³-hybridized carbons (Fsp3) is 0.250. The van der Waals surface area contributed by atoms with Crippen LogP contribution in [-0.2, 0) is 11.3 Å². The Morgan fingerprint density at radius 1 is 1.08 bits per heavy atom. The van der Waals surface area contributed by atoms with Gasteiger partial charge in [-0.15, -0.1) is 0 Å². The number of amides is 1. The van der Waals surface area contributed by atoms with Crippen molar-refractivity contribution in [2.45, 2.75) is 13.5 Å². The molecule has 0 bridgehead atoms. The molecule has 0 aromatic heterocycles. The lowest BCUT2D eigenvalue weighted by atomic mass is 10.1. The number of carbonyl (C=O) groups is 1. The van der Waals surface area contributed by atoms with Crippen LogP contribution >= 0.6 is 0 Å². The standard InChI is InChI=1S/C20H23NO3/c1-15-7-5-6-8-17(15)14-21(2)20(22)10-9-16-11-18(23-3)13-19(12-16)24-4/h5-13H,14H2,1-4H3/b10-9+. The van der Waals surface area contributed by atoms with Gasteiger partial charge in [-0.2, -0.15) is 0 Å². The Morgan fingerprint density at radius 2 is 1.71 bits per heavy atom. The Bertz CT molecular complexity index is 715. The van der Waals surface area contributed by atoms with Crippen LogP contribution in [0.5, 0.6) is 11.5 Å². The second-order valence-corrected chi connectivity index (χ2v) is 5.60. The van der Waals surface area contributed by atoms with Crippen LogP contribution in [0.25, 0.3) is 6.08 Å². The maximum Gasteiger partial charge on any atom is 0.246 e. The first-order chi connectivity index (χ1) is 11.5. The first-order valence-electron chi connectivity index (χ1n) is 7.74. The van der Waals surface area contributed by atoms with Crippen LogP contribution in [0.2, 0.25) is 0 Å². The summed E-state index contributed by atoms with van der Waals surface area (Å²) in [5.74, 6) is 1.32. The summed E-state index contributed by atoms with van der Waals surface area (Å²) in [6.45, 7) is 2.63. The van der Waals surface area contributed by atoms with Gasteiger partial charge in [-0.3, -0.25) is 4.79 Å². The molecule has 0 saturated carbocycles. The molecule has 0 spiro atoms. The maximum atomic E-state index is 12.3. The van der Waals surface area contributed by atoms with E-state index in [-0.39, 0.29) is 5.91 Å². The monoisotopic (exact) mass is 325 g/mol. The first kappa shape index (κ1) is 17.6. The number of hydrogen-bond donors (Lipinski definition) is 0. The highest BCUT2D eigenvalue weighted by atomic mass is 16.5. The van der Waals surface area contributed by atoms with Crippen molar-refractivity contribution in [2.75, 3.05) is 21.3 Å². The largest absolute Gasteiger partial charge is 0.497 e. The fourth-order valence-corrected chi connectivity index (χ4v) is 2.34. The zero-order valence-corrected chi connectivity index (χ0v) is 14.6. The van der Waals surface area contributed by atoms with E-state index < -0.39 is 0 Å². The maximum absolute atomic E-state index is 12.3. The lowest BCUT2D eigenvalue weighted by Crippen LogP contribution is -2.24. The molecule has 0 heterocycles. The third-order valence-electron chi connectivity index (χ3n) is 3.84. The molecule has 0 saturated heterocycles. The van der Waals surface area contributed by atoms with Gasteiger partial charge in [0, 0.05) is 25.7 Å². The van der Waals surface area contributed by atoms with Gasteiger partial charge in [0.15, 0.2) is 0 Å². The van der Waals surface area contributed by atoms with E-state index in [0.717, 1.165) is 11.1 Å². The summed E-state index contributed by atoms with van der Waals surface area (Å²) in [4.78, 5) is 14.0. The Hall–Kier alpha value is -2.75. The van der Waals surface area contributed by atoms with Crippen LogP contribution < -0.4 is 9.47 Å². The van der Waals surface area contributed by atoms with Crippen molar-refractivity contribution in [3.8, 4) is 11.5 Å². The minimum Gasteiger partial charge on any atom is -0.497 e. The molecule has 0 aliphatic rings. The zero-order chi connectivity index (χ0) is 17.5. The summed E-state index contributed by atoms with van der Waals surface area (Å²) in [5, 5.41) is 0. The second kappa shape index (κ2) is 8.20. The average Bonchev–Trinajstić information content (AvgIpc) is 2.61. The van der Waals surface area contributed by atoms with Crippen molar-refractivity contribution in [3.05, 3.63) is 65.2 Å². The number of methoxy groups -OCH3 is 2. The molecule has 0 fully saturated rings. The molecule has 0 unspecified atom stereocenters. The van der Waals surface area contributed by atoms with Crippen LogP contribution in [0, 0.1) is 6.92 Å². The highest BCUT2D eigenvalue weighted by molar-refractivity contribution is 5.91. The van der Waals surface area contributed by atoms with Crippen molar-refractivity contribution in [3.63, 3.8) is 0 Å². The lowest BCUT2D eigenvalue weighted by Gasteiger charge is -2.16. The van der Waals surface area contributed by atoms with Gasteiger partial charge in [-0.25, -0.2) is 0 Å². The molecule has 0 atom stereocenters. The van der Waals surface area contributed by atoms with Crippen LogP contribution in [0.1, 0.15) is 16.7 Å². The van der Waals surface area contributed by atoms with Gasteiger partial charge in [0.05, 0.1) is 14.2 Å². The number of aryl methyl sites for hydroxylation is 1. The second-order valence-electron chi connectivity index (χ2n) is 5.60. The summed E-state index contributed by atoms with van der Waals surface area (Å²) in [6.07, 6.45) is 3.33. The Labute approximate surface area is 143 Å². The molecule has 1 amide bonds. The van der Waals surface area contributed by atoms with E-state index in [4.69, 9.17) is 9.47 Å². The van der Waals surface area contributed by atoms with Crippen LogP contribution in [0.15, 0.2) is 48.5 Å². The van der Waals surface area contributed by atoms with Crippen molar-refractivity contribution in [1.29, 1.82) is 0 Å². The molecule has 0 N–H and O–H groups in total. The number of likely N-dealkylation sites (N-methyl/N-ethyl adjacent to an activating group) is 1. The molecular formula is C20H23NO3. The lowest BCUT2D eigenvalue weighted by molar-refractivity contribution is -0.125. The molecule has 2 aromatic rings. The van der Waals surface area contributed by atoms with Crippen molar-refractivity contribution < 1.29 is 14.3 Å². The van der Waals surface area contributed by atoms with Gasteiger partial charge in [-0.05, 0) is 41.8 Å². The summed E-state index contributed by atoms with van der Waals surface area (Å²) >= 11 is 0. The molecule has 126 valence electrons. The van der Waals surface area contributed by atoms with Gasteiger partial charge >= 0.3 is 0 Å². The highest BCUT2D eigenvalue weighted by Crippen LogP contribution is 2.23. The van der Waals surface area contributed by atoms with E-state index in [1.54, 1.807) is 44.4 Å². The van der Waals surface area contributed by atoms with Crippen molar-refractivity contribution in [1.82, 2.24) is 4.90 Å². The molecule has 0 radical (unpaired) electrons. The number of rotatable bonds is 6. The normalized spacial score (nSPS) is 10.7. The molecule has 24 heavy (non-hydrogen) atoms. The van der Waals surface area contributed by atoms with E-state index in [1.165, 1.54) is 5.56 Å². The van der Waals surface area contributed by atoms with E-state index in [9.17, 15) is 4.79 Å². The van der Waals surface area contributed by atoms with E-state index >= 15 is 0 Å². The number of benzene rings is 2. The van der Waals surface area contributed by atoms with Gasteiger partial charge in [-0.1, -0.05) is 24.3 Å². The SMILES string of the molecule is COc1cc(/C=C/C(=O)N(C)Cc2ccccc2C)cc(OC)c1. The number of nitrogens with zero attached hydrogens (tertiary/aromatic N) is 1. The average molecular weight is 325 g/mol. The topological polar surface area (TPSA) is 38.8 Å². The summed E-state index contributed by atoms with van der Waals surface area (Å²) < 4.78 is 10.5. The number of carbonyl (C=O) groups excluding carboxylic acids is 1. The summed E-state index contributed by atoms with van der Waals surface area (Å²) in [7, 11) is 5.00. The fourth-order valence-electron chi connectivity index (χ4n) is 2.34. The third-order valence-corrected chi connectivity index (χ3v) is 3.84. The van der Waals surface area contributed by atoms with Gasteiger partial charge < -0.3 is 14.4 Å². The minimum atomic E-state index is -0.0555. The molecule has 0 aliphatic heterocycles. The molecule has 2 rings (SSSR count). The summed E-state index contributed by atoms with van der Waals surface area (Å²) in [6, 6.07) is 13.6. The van der Waals surface area contributed by atoms with Gasteiger partial charge in [0.25, 0.3) is 0 Å². The van der Waals surface area contributed by atoms with Crippen LogP contribution in [0.3, 0.4) is 0 Å².